The van der Waals surface area contributed by atoms with Crippen LogP contribution in [0.5, 0.6) is 0 Å². The van der Waals surface area contributed by atoms with E-state index in [9.17, 15) is 8.42 Å². The molecule has 0 radical (unpaired) electrons. The highest BCUT2D eigenvalue weighted by Crippen LogP contribution is 2.21. The number of sulfonamides is 1. The van der Waals surface area contributed by atoms with Crippen molar-refractivity contribution in [3.8, 4) is 0 Å². The zero-order valence-corrected chi connectivity index (χ0v) is 12.3. The van der Waals surface area contributed by atoms with Crippen molar-refractivity contribution in [1.82, 2.24) is 4.31 Å². The van der Waals surface area contributed by atoms with Gasteiger partial charge in [0.05, 0.1) is 4.90 Å². The molecule has 0 spiro atoms. The fourth-order valence-corrected chi connectivity index (χ4v) is 3.44. The third-order valence-corrected chi connectivity index (χ3v) is 4.76. The summed E-state index contributed by atoms with van der Waals surface area (Å²) in [5.74, 6) is 0.294. The van der Waals surface area contributed by atoms with Gasteiger partial charge in [0.1, 0.15) is 0 Å². The lowest BCUT2D eigenvalue weighted by atomic mass is 10.1. The minimum absolute atomic E-state index is 0.294. The molecule has 0 bridgehead atoms. The van der Waals surface area contributed by atoms with Gasteiger partial charge < -0.3 is 5.73 Å². The summed E-state index contributed by atoms with van der Waals surface area (Å²) in [4.78, 5) is 0.355. The Kier molecular flexibility index (Phi) is 4.90. The maximum atomic E-state index is 12.4. The monoisotopic (exact) mass is 270 g/mol. The number of nitrogens with zero attached hydrogens (tertiary/aromatic N) is 1. The van der Waals surface area contributed by atoms with Crippen molar-refractivity contribution in [3.63, 3.8) is 0 Å². The van der Waals surface area contributed by atoms with Crippen molar-refractivity contribution >= 4 is 10.0 Å². The number of hydrogen-bond donors (Lipinski definition) is 1. The maximum Gasteiger partial charge on any atom is 0.243 e. The van der Waals surface area contributed by atoms with E-state index in [-0.39, 0.29) is 0 Å². The third kappa shape index (κ3) is 3.31. The molecule has 2 N–H and O–H groups in total. The van der Waals surface area contributed by atoms with Crippen LogP contribution in [0, 0.1) is 12.8 Å². The van der Waals surface area contributed by atoms with Crippen molar-refractivity contribution in [1.29, 1.82) is 0 Å². The topological polar surface area (TPSA) is 63.4 Å². The summed E-state index contributed by atoms with van der Waals surface area (Å²) in [6, 6.07) is 5.33. The largest absolute Gasteiger partial charge is 0.326 e. The first kappa shape index (κ1) is 15.1. The molecule has 0 aliphatic carbocycles. The molecule has 18 heavy (non-hydrogen) atoms. The van der Waals surface area contributed by atoms with Gasteiger partial charge in [0.15, 0.2) is 0 Å². The average molecular weight is 270 g/mol. The molecule has 0 aliphatic heterocycles. The van der Waals surface area contributed by atoms with E-state index >= 15 is 0 Å². The van der Waals surface area contributed by atoms with Gasteiger partial charge in [-0.15, -0.1) is 0 Å². The molecule has 102 valence electrons. The van der Waals surface area contributed by atoms with Crippen LogP contribution < -0.4 is 5.73 Å². The lowest BCUT2D eigenvalue weighted by Gasteiger charge is -2.20. The Morgan fingerprint density at radius 3 is 2.44 bits per heavy atom. The van der Waals surface area contributed by atoms with Crippen LogP contribution in [0.25, 0.3) is 0 Å². The lowest BCUT2D eigenvalue weighted by Crippen LogP contribution is -2.31. The maximum absolute atomic E-state index is 12.4. The molecule has 1 rings (SSSR count). The predicted octanol–water partition coefficient (Wildman–Crippen LogP) is 1.73. The van der Waals surface area contributed by atoms with Gasteiger partial charge in [0.2, 0.25) is 10.0 Å². The molecule has 0 amide bonds. The van der Waals surface area contributed by atoms with E-state index in [0.717, 1.165) is 11.1 Å². The van der Waals surface area contributed by atoms with Gasteiger partial charge in [-0.25, -0.2) is 12.7 Å². The number of nitrogens with two attached hydrogens (primary N) is 1. The predicted molar refractivity (Wildman–Crippen MR) is 73.7 cm³/mol. The number of hydrogen-bond acceptors (Lipinski definition) is 3. The summed E-state index contributed by atoms with van der Waals surface area (Å²) in [7, 11) is -1.80. The highest BCUT2D eigenvalue weighted by Gasteiger charge is 2.23. The highest BCUT2D eigenvalue weighted by atomic mass is 32.2. The van der Waals surface area contributed by atoms with Crippen molar-refractivity contribution in [2.75, 3.05) is 13.6 Å². The van der Waals surface area contributed by atoms with Gasteiger partial charge in [-0.1, -0.05) is 26.0 Å². The van der Waals surface area contributed by atoms with Gasteiger partial charge in [-0.2, -0.15) is 0 Å². The summed E-state index contributed by atoms with van der Waals surface area (Å²) >= 11 is 0. The molecule has 1 aromatic rings. The van der Waals surface area contributed by atoms with E-state index in [1.54, 1.807) is 26.1 Å². The number of rotatable bonds is 5. The Balaban J connectivity index is 3.19. The second-order valence-corrected chi connectivity index (χ2v) is 7.00. The van der Waals surface area contributed by atoms with E-state index in [4.69, 9.17) is 5.73 Å². The van der Waals surface area contributed by atoms with Crippen LogP contribution in [0.2, 0.25) is 0 Å². The second-order valence-electron chi connectivity index (χ2n) is 4.98. The molecular formula is C13H22N2O2S. The number of aryl methyl sites for hydroxylation is 1. The fraction of sp³-hybridized carbons (Fsp3) is 0.538. The van der Waals surface area contributed by atoms with Gasteiger partial charge in [-0.3, -0.25) is 0 Å². The van der Waals surface area contributed by atoms with Crippen molar-refractivity contribution in [2.24, 2.45) is 11.7 Å². The standard InChI is InChI=1S/C13H22N2O2S/c1-10(2)9-15(4)18(16,17)13-7-12(8-14)6-5-11(13)3/h5-7,10H,8-9,14H2,1-4H3. The molecule has 4 nitrogen and oxygen atoms in total. The van der Waals surface area contributed by atoms with Crippen molar-refractivity contribution in [3.05, 3.63) is 29.3 Å². The normalized spacial score (nSPS) is 12.4. The van der Waals surface area contributed by atoms with Crippen LogP contribution in [0.1, 0.15) is 25.0 Å². The molecule has 0 unspecified atom stereocenters. The molecule has 0 saturated heterocycles. The summed E-state index contributed by atoms with van der Waals surface area (Å²) in [6.45, 7) is 6.64. The summed E-state index contributed by atoms with van der Waals surface area (Å²) in [6.07, 6.45) is 0. The van der Waals surface area contributed by atoms with Gasteiger partial charge in [0.25, 0.3) is 0 Å². The molecule has 5 heteroatoms. The Bertz CT molecular complexity index is 510. The second kappa shape index (κ2) is 5.82. The summed E-state index contributed by atoms with van der Waals surface area (Å²) < 4.78 is 26.3. The molecule has 1 aromatic carbocycles. The van der Waals surface area contributed by atoms with E-state index < -0.39 is 10.0 Å². The minimum atomic E-state index is -3.42. The fourth-order valence-electron chi connectivity index (χ4n) is 1.83. The van der Waals surface area contributed by atoms with Gasteiger partial charge >= 0.3 is 0 Å². The van der Waals surface area contributed by atoms with E-state index in [1.165, 1.54) is 4.31 Å². The Hall–Kier alpha value is -0.910. The Morgan fingerprint density at radius 2 is 1.94 bits per heavy atom. The average Bonchev–Trinajstić information content (AvgIpc) is 2.28. The summed E-state index contributed by atoms with van der Waals surface area (Å²) in [5, 5.41) is 0. The van der Waals surface area contributed by atoms with Crippen LogP contribution in [0.3, 0.4) is 0 Å². The minimum Gasteiger partial charge on any atom is -0.326 e. The van der Waals surface area contributed by atoms with Crippen LogP contribution in [-0.2, 0) is 16.6 Å². The molecule has 0 fully saturated rings. The van der Waals surface area contributed by atoms with Crippen LogP contribution in [-0.4, -0.2) is 26.3 Å². The van der Waals surface area contributed by atoms with Gasteiger partial charge in [-0.05, 0) is 30.0 Å². The van der Waals surface area contributed by atoms with Crippen molar-refractivity contribution in [2.45, 2.75) is 32.2 Å². The molecular weight excluding hydrogens is 248 g/mol. The van der Waals surface area contributed by atoms with Gasteiger partial charge in [0, 0.05) is 20.1 Å². The molecule has 0 heterocycles. The highest BCUT2D eigenvalue weighted by molar-refractivity contribution is 7.89. The van der Waals surface area contributed by atoms with Crippen molar-refractivity contribution < 1.29 is 8.42 Å². The lowest BCUT2D eigenvalue weighted by molar-refractivity contribution is 0.417. The first-order valence-corrected chi connectivity index (χ1v) is 7.49. The molecule has 0 atom stereocenters. The zero-order chi connectivity index (χ0) is 13.9. The molecule has 0 aliphatic rings. The summed E-state index contributed by atoms with van der Waals surface area (Å²) in [5.41, 5.74) is 7.14. The molecule has 0 aromatic heterocycles. The van der Waals surface area contributed by atoms with Crippen LogP contribution in [0.4, 0.5) is 0 Å². The number of benzene rings is 1. The third-order valence-electron chi connectivity index (χ3n) is 2.80. The van der Waals surface area contributed by atoms with Crippen LogP contribution in [0.15, 0.2) is 23.1 Å². The molecule has 0 saturated carbocycles. The SMILES string of the molecule is Cc1ccc(CN)cc1S(=O)(=O)N(C)CC(C)C. The van der Waals surface area contributed by atoms with E-state index in [2.05, 4.69) is 0 Å². The first-order chi connectivity index (χ1) is 8.28. The van der Waals surface area contributed by atoms with Crippen LogP contribution >= 0.6 is 0 Å². The van der Waals surface area contributed by atoms with E-state index in [0.29, 0.717) is 23.9 Å². The Labute approximate surface area is 110 Å². The Morgan fingerprint density at radius 1 is 1.33 bits per heavy atom. The first-order valence-electron chi connectivity index (χ1n) is 6.05. The zero-order valence-electron chi connectivity index (χ0n) is 11.5. The van der Waals surface area contributed by atoms with E-state index in [1.807, 2.05) is 19.9 Å². The smallest absolute Gasteiger partial charge is 0.243 e. The quantitative estimate of drug-likeness (QED) is 0.886.